The second-order valence-corrected chi connectivity index (χ2v) is 7.60. The van der Waals surface area contributed by atoms with Crippen molar-refractivity contribution in [2.24, 2.45) is 0 Å². The van der Waals surface area contributed by atoms with Crippen LogP contribution in [0.15, 0.2) is 30.2 Å². The molecule has 2 aromatic heterocycles. The fourth-order valence-electron chi connectivity index (χ4n) is 2.88. The molecule has 104 valence electrons. The van der Waals surface area contributed by atoms with E-state index in [2.05, 4.69) is 37.9 Å². The van der Waals surface area contributed by atoms with Gasteiger partial charge >= 0.3 is 0 Å². The van der Waals surface area contributed by atoms with Crippen LogP contribution in [0.25, 0.3) is 0 Å². The van der Waals surface area contributed by atoms with Gasteiger partial charge in [0, 0.05) is 27.1 Å². The van der Waals surface area contributed by atoms with Crippen molar-refractivity contribution in [2.75, 3.05) is 6.54 Å². The van der Waals surface area contributed by atoms with Crippen molar-refractivity contribution in [1.82, 2.24) is 4.90 Å². The molecule has 0 bridgehead atoms. The van der Waals surface area contributed by atoms with Gasteiger partial charge in [-0.2, -0.15) is 0 Å². The van der Waals surface area contributed by atoms with Crippen molar-refractivity contribution in [1.29, 1.82) is 0 Å². The van der Waals surface area contributed by atoms with Crippen LogP contribution in [-0.2, 0) is 11.3 Å². The fourth-order valence-corrected chi connectivity index (χ4v) is 4.76. The molecular formula is C16H17NOS2. The Labute approximate surface area is 127 Å². The first kappa shape index (κ1) is 13.6. The van der Waals surface area contributed by atoms with Gasteiger partial charge in [-0.3, -0.25) is 4.79 Å². The summed E-state index contributed by atoms with van der Waals surface area (Å²) in [6.45, 7) is 9.39. The summed E-state index contributed by atoms with van der Waals surface area (Å²) in [4.78, 5) is 17.9. The number of thiophene rings is 2. The van der Waals surface area contributed by atoms with Crippen LogP contribution in [0.2, 0.25) is 0 Å². The fraction of sp³-hybridized carbons (Fsp3) is 0.312. The molecule has 1 atom stereocenters. The Morgan fingerprint density at radius 2 is 2.25 bits per heavy atom. The van der Waals surface area contributed by atoms with E-state index in [9.17, 15) is 4.79 Å². The summed E-state index contributed by atoms with van der Waals surface area (Å²) in [6.07, 6.45) is 1.42. The van der Waals surface area contributed by atoms with Crippen LogP contribution in [-0.4, -0.2) is 17.4 Å². The normalized spacial score (nSPS) is 17.9. The molecule has 0 spiro atoms. The number of hydrogen-bond donors (Lipinski definition) is 0. The Hall–Kier alpha value is -1.39. The zero-order valence-electron chi connectivity index (χ0n) is 11.7. The van der Waals surface area contributed by atoms with E-state index in [-0.39, 0.29) is 5.91 Å². The van der Waals surface area contributed by atoms with Crippen LogP contribution in [0, 0.1) is 13.8 Å². The Kier molecular flexibility index (Phi) is 3.52. The van der Waals surface area contributed by atoms with E-state index in [4.69, 9.17) is 0 Å². The maximum atomic E-state index is 12.0. The highest BCUT2D eigenvalue weighted by Gasteiger charge is 2.30. The lowest BCUT2D eigenvalue weighted by Gasteiger charge is -2.32. The number of fused-ring (bicyclic) bond motifs is 1. The van der Waals surface area contributed by atoms with Crippen molar-refractivity contribution in [3.8, 4) is 0 Å². The summed E-state index contributed by atoms with van der Waals surface area (Å²) in [5, 5.41) is 2.14. The monoisotopic (exact) mass is 303 g/mol. The molecule has 0 aromatic carbocycles. The zero-order chi connectivity index (χ0) is 14.3. The van der Waals surface area contributed by atoms with Gasteiger partial charge in [-0.25, -0.2) is 0 Å². The smallest absolute Gasteiger partial charge is 0.246 e. The first-order valence-electron chi connectivity index (χ1n) is 6.64. The number of carbonyl (C=O) groups is 1. The predicted octanol–water partition coefficient (Wildman–Crippen LogP) is 4.09. The first-order valence-corrected chi connectivity index (χ1v) is 8.34. The summed E-state index contributed by atoms with van der Waals surface area (Å²) >= 11 is 3.58. The molecule has 1 aliphatic heterocycles. The highest BCUT2D eigenvalue weighted by Crippen LogP contribution is 2.40. The van der Waals surface area contributed by atoms with Crippen molar-refractivity contribution in [2.45, 2.75) is 26.3 Å². The Morgan fingerprint density at radius 1 is 1.45 bits per heavy atom. The molecule has 0 aliphatic carbocycles. The number of rotatable bonds is 2. The van der Waals surface area contributed by atoms with Crippen LogP contribution in [0.1, 0.15) is 31.7 Å². The van der Waals surface area contributed by atoms with Crippen LogP contribution in [0.3, 0.4) is 0 Å². The summed E-state index contributed by atoms with van der Waals surface area (Å²) < 4.78 is 0. The summed E-state index contributed by atoms with van der Waals surface area (Å²) in [6, 6.07) is 4.49. The van der Waals surface area contributed by atoms with E-state index in [1.54, 1.807) is 22.7 Å². The second-order valence-electron chi connectivity index (χ2n) is 5.14. The topological polar surface area (TPSA) is 20.3 Å². The standard InChI is InChI=1S/C16H17NOS2/c1-4-16(18)17-8-14(12-5-6-19-11(12)3)13-7-10(2)20-15(13)9-17/h4-7,14H,1,8-9H2,2-3H3/t14-/m1/s1. The lowest BCUT2D eigenvalue weighted by atomic mass is 9.88. The average Bonchev–Trinajstić information content (AvgIpc) is 3.01. The minimum atomic E-state index is 0.0274. The van der Waals surface area contributed by atoms with Crippen LogP contribution in [0.4, 0.5) is 0 Å². The molecule has 3 rings (SSSR count). The maximum Gasteiger partial charge on any atom is 0.246 e. The molecule has 20 heavy (non-hydrogen) atoms. The van der Waals surface area contributed by atoms with Gasteiger partial charge in [0.05, 0.1) is 6.54 Å². The van der Waals surface area contributed by atoms with Gasteiger partial charge in [-0.1, -0.05) is 6.58 Å². The van der Waals surface area contributed by atoms with Gasteiger partial charge in [-0.05, 0) is 48.6 Å². The van der Waals surface area contributed by atoms with Gasteiger partial charge in [0.1, 0.15) is 0 Å². The van der Waals surface area contributed by atoms with Crippen LogP contribution < -0.4 is 0 Å². The largest absolute Gasteiger partial charge is 0.333 e. The molecule has 0 radical (unpaired) electrons. The minimum Gasteiger partial charge on any atom is -0.333 e. The number of nitrogens with zero attached hydrogens (tertiary/aromatic N) is 1. The molecule has 2 nitrogen and oxygen atoms in total. The quantitative estimate of drug-likeness (QED) is 0.765. The van der Waals surface area contributed by atoms with E-state index >= 15 is 0 Å². The van der Waals surface area contributed by atoms with Crippen molar-refractivity contribution in [3.05, 3.63) is 55.9 Å². The predicted molar refractivity (Wildman–Crippen MR) is 85.6 cm³/mol. The molecule has 4 heteroatoms. The molecule has 0 saturated heterocycles. The lowest BCUT2D eigenvalue weighted by molar-refractivity contribution is -0.127. The third kappa shape index (κ3) is 2.23. The van der Waals surface area contributed by atoms with Crippen LogP contribution >= 0.6 is 22.7 Å². The van der Waals surface area contributed by atoms with Crippen LogP contribution in [0.5, 0.6) is 0 Å². The molecule has 0 unspecified atom stereocenters. The Morgan fingerprint density at radius 3 is 2.90 bits per heavy atom. The van der Waals surface area contributed by atoms with Gasteiger partial charge in [0.2, 0.25) is 5.91 Å². The molecule has 1 amide bonds. The van der Waals surface area contributed by atoms with Crippen molar-refractivity contribution in [3.63, 3.8) is 0 Å². The Balaban J connectivity index is 2.06. The van der Waals surface area contributed by atoms with Crippen molar-refractivity contribution < 1.29 is 4.79 Å². The SMILES string of the molecule is C=CC(=O)N1Cc2sc(C)cc2[C@@H](c2ccsc2C)C1. The lowest BCUT2D eigenvalue weighted by Crippen LogP contribution is -2.36. The van der Waals surface area contributed by atoms with Gasteiger partial charge in [0.15, 0.2) is 0 Å². The van der Waals surface area contributed by atoms with Gasteiger partial charge < -0.3 is 4.90 Å². The number of amides is 1. The third-order valence-electron chi connectivity index (χ3n) is 3.84. The first-order chi connectivity index (χ1) is 9.60. The highest BCUT2D eigenvalue weighted by molar-refractivity contribution is 7.12. The second kappa shape index (κ2) is 5.19. The van der Waals surface area contributed by atoms with Gasteiger partial charge in [-0.15, -0.1) is 22.7 Å². The average molecular weight is 303 g/mol. The molecule has 0 fully saturated rings. The van der Waals surface area contributed by atoms with E-state index in [1.165, 1.54) is 31.8 Å². The van der Waals surface area contributed by atoms with E-state index in [0.717, 1.165) is 13.1 Å². The molecular weight excluding hydrogens is 286 g/mol. The number of aryl methyl sites for hydroxylation is 2. The molecule has 2 aromatic rings. The van der Waals surface area contributed by atoms with Gasteiger partial charge in [0.25, 0.3) is 0 Å². The molecule has 0 saturated carbocycles. The van der Waals surface area contributed by atoms with Crippen molar-refractivity contribution >= 4 is 28.6 Å². The summed E-state index contributed by atoms with van der Waals surface area (Å²) in [5.74, 6) is 0.332. The minimum absolute atomic E-state index is 0.0274. The molecule has 0 N–H and O–H groups in total. The maximum absolute atomic E-state index is 12.0. The van der Waals surface area contributed by atoms with E-state index < -0.39 is 0 Å². The summed E-state index contributed by atoms with van der Waals surface area (Å²) in [5.41, 5.74) is 2.76. The number of hydrogen-bond acceptors (Lipinski definition) is 3. The highest BCUT2D eigenvalue weighted by atomic mass is 32.1. The van der Waals surface area contributed by atoms with E-state index in [0.29, 0.717) is 5.92 Å². The molecule has 1 aliphatic rings. The summed E-state index contributed by atoms with van der Waals surface area (Å²) in [7, 11) is 0. The van der Waals surface area contributed by atoms with E-state index in [1.807, 2.05) is 4.90 Å². The third-order valence-corrected chi connectivity index (χ3v) is 5.75. The zero-order valence-corrected chi connectivity index (χ0v) is 13.3. The molecule has 3 heterocycles. The Bertz CT molecular complexity index is 668. The number of carbonyl (C=O) groups excluding carboxylic acids is 1.